The van der Waals surface area contributed by atoms with Crippen molar-refractivity contribution in [3.8, 4) is 0 Å². The normalized spacial score (nSPS) is 18.6. The van der Waals surface area contributed by atoms with Crippen LogP contribution in [0.5, 0.6) is 0 Å². The number of likely N-dealkylation sites (tertiary alicyclic amines) is 1. The van der Waals surface area contributed by atoms with E-state index in [4.69, 9.17) is 4.74 Å². The summed E-state index contributed by atoms with van der Waals surface area (Å²) in [7, 11) is 0. The monoisotopic (exact) mass is 317 g/mol. The molecule has 5 nitrogen and oxygen atoms in total. The highest BCUT2D eigenvalue weighted by atomic mass is 16.6. The zero-order valence-corrected chi connectivity index (χ0v) is 13.4. The number of nitrogens with zero attached hydrogens (tertiary/aromatic N) is 1. The van der Waals surface area contributed by atoms with Crippen LogP contribution in [0.25, 0.3) is 0 Å². The van der Waals surface area contributed by atoms with Gasteiger partial charge in [0.2, 0.25) is 0 Å². The van der Waals surface area contributed by atoms with Crippen LogP contribution in [0.4, 0.5) is 4.79 Å². The van der Waals surface area contributed by atoms with Gasteiger partial charge in [-0.25, -0.2) is 9.59 Å². The molecule has 1 fully saturated rings. The topological polar surface area (TPSA) is 66.8 Å². The quantitative estimate of drug-likeness (QED) is 0.843. The number of aliphatic carboxylic acids is 1. The molecule has 1 unspecified atom stereocenters. The molecule has 1 heterocycles. The molecule has 0 bridgehead atoms. The van der Waals surface area contributed by atoms with Gasteiger partial charge in [-0.1, -0.05) is 43.3 Å². The van der Waals surface area contributed by atoms with Crippen molar-refractivity contribution < 1.29 is 19.4 Å². The lowest BCUT2D eigenvalue weighted by Gasteiger charge is -2.33. The Kier molecular flexibility index (Phi) is 6.20. The van der Waals surface area contributed by atoms with Crippen LogP contribution in [0.2, 0.25) is 0 Å². The molecule has 1 aromatic rings. The Labute approximate surface area is 136 Å². The number of carboxylic acids is 1. The van der Waals surface area contributed by atoms with E-state index in [1.807, 2.05) is 30.3 Å². The molecule has 1 saturated heterocycles. The Morgan fingerprint density at radius 2 is 2.04 bits per heavy atom. The van der Waals surface area contributed by atoms with Crippen LogP contribution in [-0.4, -0.2) is 34.7 Å². The molecule has 0 spiro atoms. The molecule has 1 atom stereocenters. The van der Waals surface area contributed by atoms with Crippen molar-refractivity contribution in [2.75, 3.05) is 6.54 Å². The lowest BCUT2D eigenvalue weighted by Crippen LogP contribution is -2.43. The largest absolute Gasteiger partial charge is 0.478 e. The summed E-state index contributed by atoms with van der Waals surface area (Å²) in [6, 6.07) is 9.32. The molecular weight excluding hydrogens is 294 g/mol. The van der Waals surface area contributed by atoms with Gasteiger partial charge in [-0.05, 0) is 31.2 Å². The number of carbonyl (C=O) groups excluding carboxylic acids is 1. The van der Waals surface area contributed by atoms with Gasteiger partial charge in [0.1, 0.15) is 6.61 Å². The van der Waals surface area contributed by atoms with Crippen molar-refractivity contribution in [3.05, 3.63) is 47.5 Å². The maximum atomic E-state index is 12.3. The highest BCUT2D eigenvalue weighted by Crippen LogP contribution is 2.21. The maximum Gasteiger partial charge on any atom is 0.410 e. The first-order chi connectivity index (χ1) is 11.1. The number of rotatable bonds is 5. The van der Waals surface area contributed by atoms with E-state index in [0.29, 0.717) is 18.5 Å². The maximum absolute atomic E-state index is 12.3. The summed E-state index contributed by atoms with van der Waals surface area (Å²) in [6.45, 7) is 2.64. The van der Waals surface area contributed by atoms with E-state index >= 15 is 0 Å². The lowest BCUT2D eigenvalue weighted by atomic mass is 9.99. The van der Waals surface area contributed by atoms with Crippen molar-refractivity contribution in [2.45, 2.75) is 45.3 Å². The first kappa shape index (κ1) is 17.1. The number of carbonyl (C=O) groups is 2. The number of hydrogen-bond donors (Lipinski definition) is 1. The van der Waals surface area contributed by atoms with E-state index in [1.54, 1.807) is 17.9 Å². The molecule has 1 aromatic carbocycles. The molecule has 1 amide bonds. The molecule has 1 N–H and O–H groups in total. The van der Waals surface area contributed by atoms with Gasteiger partial charge < -0.3 is 14.7 Å². The van der Waals surface area contributed by atoms with E-state index in [2.05, 4.69) is 0 Å². The average molecular weight is 317 g/mol. The number of ether oxygens (including phenoxy) is 1. The molecule has 2 rings (SSSR count). The molecule has 1 aliphatic heterocycles. The van der Waals surface area contributed by atoms with Crippen LogP contribution >= 0.6 is 0 Å². The predicted octanol–water partition coefficient (Wildman–Crippen LogP) is 3.60. The van der Waals surface area contributed by atoms with Gasteiger partial charge >= 0.3 is 12.1 Å². The van der Waals surface area contributed by atoms with E-state index in [0.717, 1.165) is 24.8 Å². The van der Waals surface area contributed by atoms with Gasteiger partial charge in [-0.15, -0.1) is 0 Å². The Morgan fingerprint density at radius 3 is 2.70 bits per heavy atom. The summed E-state index contributed by atoms with van der Waals surface area (Å²) in [5.74, 6) is -0.921. The second-order valence-corrected chi connectivity index (χ2v) is 5.65. The fraction of sp³-hybridized carbons (Fsp3) is 0.444. The SMILES string of the molecule is CCC(=CC1CCCCN1C(=O)OCc1ccccc1)C(=O)O. The molecule has 1 aliphatic rings. The van der Waals surface area contributed by atoms with Crippen molar-refractivity contribution in [3.63, 3.8) is 0 Å². The minimum absolute atomic E-state index is 0.196. The molecule has 0 radical (unpaired) electrons. The predicted molar refractivity (Wildman–Crippen MR) is 87.0 cm³/mol. The number of piperidine rings is 1. The first-order valence-corrected chi connectivity index (χ1v) is 8.03. The van der Waals surface area contributed by atoms with Gasteiger partial charge in [0.25, 0.3) is 0 Å². The van der Waals surface area contributed by atoms with Crippen LogP contribution in [-0.2, 0) is 16.1 Å². The van der Waals surface area contributed by atoms with Gasteiger partial charge in [0, 0.05) is 12.1 Å². The second-order valence-electron chi connectivity index (χ2n) is 5.65. The molecular formula is C18H23NO4. The summed E-state index contributed by atoms with van der Waals surface area (Å²) < 4.78 is 5.38. The minimum atomic E-state index is -0.921. The molecule has 23 heavy (non-hydrogen) atoms. The summed E-state index contributed by atoms with van der Waals surface area (Å²) in [5.41, 5.74) is 1.28. The van der Waals surface area contributed by atoms with Gasteiger partial charge in [0.05, 0.1) is 6.04 Å². The number of amides is 1. The first-order valence-electron chi connectivity index (χ1n) is 8.03. The summed E-state index contributed by atoms with van der Waals surface area (Å²) in [5, 5.41) is 9.18. The van der Waals surface area contributed by atoms with Crippen molar-refractivity contribution in [1.82, 2.24) is 4.90 Å². The third-order valence-electron chi connectivity index (χ3n) is 4.04. The van der Waals surface area contributed by atoms with Crippen LogP contribution in [0.3, 0.4) is 0 Å². The number of hydrogen-bond acceptors (Lipinski definition) is 3. The summed E-state index contributed by atoms with van der Waals surface area (Å²) in [4.78, 5) is 25.2. The fourth-order valence-corrected chi connectivity index (χ4v) is 2.73. The third kappa shape index (κ3) is 4.84. The Hall–Kier alpha value is -2.30. The lowest BCUT2D eigenvalue weighted by molar-refractivity contribution is -0.132. The molecule has 0 aromatic heterocycles. The van der Waals surface area contributed by atoms with Crippen molar-refractivity contribution in [2.24, 2.45) is 0 Å². The molecule has 124 valence electrons. The fourth-order valence-electron chi connectivity index (χ4n) is 2.73. The summed E-state index contributed by atoms with van der Waals surface area (Å²) in [6.07, 6.45) is 4.44. The minimum Gasteiger partial charge on any atom is -0.478 e. The van der Waals surface area contributed by atoms with E-state index in [-0.39, 0.29) is 18.7 Å². The molecule has 5 heteroatoms. The van der Waals surface area contributed by atoms with Crippen LogP contribution in [0.1, 0.15) is 38.2 Å². The molecule has 0 aliphatic carbocycles. The average Bonchev–Trinajstić information content (AvgIpc) is 2.58. The molecule has 0 saturated carbocycles. The van der Waals surface area contributed by atoms with Crippen LogP contribution < -0.4 is 0 Å². The van der Waals surface area contributed by atoms with E-state index in [9.17, 15) is 14.7 Å². The zero-order valence-electron chi connectivity index (χ0n) is 13.4. The van der Waals surface area contributed by atoms with Gasteiger partial charge in [-0.2, -0.15) is 0 Å². The highest BCUT2D eigenvalue weighted by Gasteiger charge is 2.27. The number of carboxylic acid groups (broad SMARTS) is 1. The van der Waals surface area contributed by atoms with Crippen molar-refractivity contribution >= 4 is 12.1 Å². The zero-order chi connectivity index (χ0) is 16.7. The van der Waals surface area contributed by atoms with E-state index in [1.165, 1.54) is 0 Å². The third-order valence-corrected chi connectivity index (χ3v) is 4.04. The van der Waals surface area contributed by atoms with Gasteiger partial charge in [-0.3, -0.25) is 0 Å². The summed E-state index contributed by atoms with van der Waals surface area (Å²) >= 11 is 0. The van der Waals surface area contributed by atoms with Crippen LogP contribution in [0.15, 0.2) is 42.0 Å². The van der Waals surface area contributed by atoms with Crippen LogP contribution in [0, 0.1) is 0 Å². The smallest absolute Gasteiger partial charge is 0.410 e. The Balaban J connectivity index is 2.02. The number of benzene rings is 1. The van der Waals surface area contributed by atoms with E-state index < -0.39 is 5.97 Å². The van der Waals surface area contributed by atoms with Crippen molar-refractivity contribution in [1.29, 1.82) is 0 Å². The highest BCUT2D eigenvalue weighted by molar-refractivity contribution is 5.86. The Bertz CT molecular complexity index is 568. The standard InChI is InChI=1S/C18H23NO4/c1-2-15(17(20)21)12-16-10-6-7-11-19(16)18(22)23-13-14-8-4-3-5-9-14/h3-5,8-9,12,16H,2,6-7,10-11,13H2,1H3,(H,20,21). The Morgan fingerprint density at radius 1 is 1.30 bits per heavy atom. The van der Waals surface area contributed by atoms with Gasteiger partial charge in [0.15, 0.2) is 0 Å². The second kappa shape index (κ2) is 8.36.